The Kier molecular flexibility index (Phi) is 4.22. The molecular formula is C18H16F3N3OS. The Morgan fingerprint density at radius 3 is 2.42 bits per heavy atom. The van der Waals surface area contributed by atoms with Crippen LogP contribution in [0.25, 0.3) is 16.2 Å². The van der Waals surface area contributed by atoms with E-state index in [-0.39, 0.29) is 5.91 Å². The second-order valence-electron chi connectivity index (χ2n) is 6.33. The number of alkyl halides is 3. The summed E-state index contributed by atoms with van der Waals surface area (Å²) >= 11 is 1.35. The van der Waals surface area contributed by atoms with Gasteiger partial charge in [0.1, 0.15) is 5.69 Å². The van der Waals surface area contributed by atoms with Gasteiger partial charge in [-0.3, -0.25) is 9.20 Å². The second-order valence-corrected chi connectivity index (χ2v) is 7.16. The van der Waals surface area contributed by atoms with Crippen molar-refractivity contribution < 1.29 is 18.0 Å². The summed E-state index contributed by atoms with van der Waals surface area (Å²) in [5, 5.41) is 1.79. The quantitative estimate of drug-likeness (QED) is 0.647. The van der Waals surface area contributed by atoms with Crippen molar-refractivity contribution >= 4 is 22.2 Å². The smallest absolute Gasteiger partial charge is 0.337 e. The van der Waals surface area contributed by atoms with Crippen molar-refractivity contribution in [1.82, 2.24) is 14.3 Å². The van der Waals surface area contributed by atoms with Crippen LogP contribution in [0.1, 0.15) is 35.3 Å². The highest BCUT2D eigenvalue weighted by molar-refractivity contribution is 7.15. The molecule has 0 atom stereocenters. The molecule has 8 heteroatoms. The van der Waals surface area contributed by atoms with Gasteiger partial charge in [-0.05, 0) is 31.4 Å². The predicted molar refractivity (Wildman–Crippen MR) is 93.3 cm³/mol. The van der Waals surface area contributed by atoms with Gasteiger partial charge in [-0.15, -0.1) is 11.3 Å². The summed E-state index contributed by atoms with van der Waals surface area (Å²) in [5.74, 6) is -0.0210. The van der Waals surface area contributed by atoms with Gasteiger partial charge in [0.05, 0.1) is 11.3 Å². The molecule has 0 N–H and O–H groups in total. The minimum Gasteiger partial charge on any atom is -0.337 e. The number of hydrogen-bond acceptors (Lipinski definition) is 3. The molecular weight excluding hydrogens is 363 g/mol. The lowest BCUT2D eigenvalue weighted by Crippen LogP contribution is -2.36. The number of carbonyl (C=O) groups is 1. The molecule has 1 saturated heterocycles. The van der Waals surface area contributed by atoms with Crippen LogP contribution in [0.5, 0.6) is 0 Å². The van der Waals surface area contributed by atoms with E-state index in [0.717, 1.165) is 44.5 Å². The molecule has 26 heavy (non-hydrogen) atoms. The zero-order valence-corrected chi connectivity index (χ0v) is 14.6. The Balaban J connectivity index is 1.64. The van der Waals surface area contributed by atoms with Crippen molar-refractivity contribution in [2.24, 2.45) is 0 Å². The number of nitrogens with zero attached hydrogens (tertiary/aromatic N) is 3. The summed E-state index contributed by atoms with van der Waals surface area (Å²) in [6.07, 6.45) is 0.526. The van der Waals surface area contributed by atoms with Crippen LogP contribution in [0, 0.1) is 0 Å². The molecule has 0 unspecified atom stereocenters. The van der Waals surface area contributed by atoms with Gasteiger partial charge in [0, 0.05) is 30.2 Å². The summed E-state index contributed by atoms with van der Waals surface area (Å²) in [7, 11) is 0. The molecule has 3 heterocycles. The van der Waals surface area contributed by atoms with Gasteiger partial charge in [0.2, 0.25) is 0 Å². The lowest BCUT2D eigenvalue weighted by molar-refractivity contribution is -0.137. The van der Waals surface area contributed by atoms with Crippen molar-refractivity contribution in [3.8, 4) is 11.3 Å². The molecule has 0 spiro atoms. The number of carbonyl (C=O) groups excluding carboxylic acids is 1. The minimum atomic E-state index is -4.36. The van der Waals surface area contributed by atoms with Gasteiger partial charge in [-0.1, -0.05) is 12.1 Å². The molecule has 1 aliphatic rings. The fourth-order valence-corrected chi connectivity index (χ4v) is 4.01. The zero-order chi connectivity index (χ0) is 18.3. The zero-order valence-electron chi connectivity index (χ0n) is 13.8. The number of hydrogen-bond donors (Lipinski definition) is 0. The molecule has 4 nitrogen and oxygen atoms in total. The first kappa shape index (κ1) is 17.1. The third kappa shape index (κ3) is 3.09. The Bertz CT molecular complexity index is 937. The van der Waals surface area contributed by atoms with Crippen LogP contribution in [0.2, 0.25) is 0 Å². The first-order valence-corrected chi connectivity index (χ1v) is 9.25. The van der Waals surface area contributed by atoms with Gasteiger partial charge in [-0.2, -0.15) is 13.2 Å². The van der Waals surface area contributed by atoms with E-state index in [2.05, 4.69) is 4.98 Å². The van der Waals surface area contributed by atoms with E-state index < -0.39 is 11.7 Å². The van der Waals surface area contributed by atoms with Gasteiger partial charge < -0.3 is 4.90 Å². The van der Waals surface area contributed by atoms with E-state index in [0.29, 0.717) is 21.9 Å². The normalized spacial score (nSPS) is 15.6. The van der Waals surface area contributed by atoms with E-state index in [1.807, 2.05) is 4.90 Å². The highest BCUT2D eigenvalue weighted by Crippen LogP contribution is 2.31. The molecule has 1 aromatic carbocycles. The largest absolute Gasteiger partial charge is 0.416 e. The van der Waals surface area contributed by atoms with Crippen LogP contribution in [0.4, 0.5) is 13.2 Å². The van der Waals surface area contributed by atoms with E-state index >= 15 is 0 Å². The molecule has 0 bridgehead atoms. The summed E-state index contributed by atoms with van der Waals surface area (Å²) in [4.78, 5) is 19.7. The van der Waals surface area contributed by atoms with Crippen LogP contribution in [0.3, 0.4) is 0 Å². The van der Waals surface area contributed by atoms with E-state index in [4.69, 9.17) is 0 Å². The van der Waals surface area contributed by atoms with Gasteiger partial charge in [0.15, 0.2) is 4.96 Å². The van der Waals surface area contributed by atoms with Crippen molar-refractivity contribution in [2.45, 2.75) is 25.4 Å². The number of imidazole rings is 1. The molecule has 2 aromatic heterocycles. The Hall–Kier alpha value is -2.35. The number of piperidine rings is 1. The molecule has 0 radical (unpaired) electrons. The summed E-state index contributed by atoms with van der Waals surface area (Å²) in [6, 6.07) is 4.90. The molecule has 1 fully saturated rings. The minimum absolute atomic E-state index is 0.0210. The van der Waals surface area contributed by atoms with E-state index in [9.17, 15) is 18.0 Å². The van der Waals surface area contributed by atoms with Crippen LogP contribution in [-0.2, 0) is 6.18 Å². The highest BCUT2D eigenvalue weighted by Gasteiger charge is 2.30. The third-order valence-corrected chi connectivity index (χ3v) is 5.42. The number of halogens is 3. The van der Waals surface area contributed by atoms with Crippen molar-refractivity contribution in [1.29, 1.82) is 0 Å². The SMILES string of the molecule is O=C(c1csc2nc(-c3ccc(C(F)(F)F)cc3)cn12)N1CCCCC1. The maximum absolute atomic E-state index is 12.7. The Morgan fingerprint density at radius 1 is 1.08 bits per heavy atom. The number of rotatable bonds is 2. The molecule has 136 valence electrons. The topological polar surface area (TPSA) is 37.6 Å². The van der Waals surface area contributed by atoms with E-state index in [1.54, 1.807) is 16.0 Å². The number of likely N-dealkylation sites (tertiary alicyclic amines) is 1. The number of benzene rings is 1. The number of aromatic nitrogens is 2. The highest BCUT2D eigenvalue weighted by atomic mass is 32.1. The number of amides is 1. The average Bonchev–Trinajstić information content (AvgIpc) is 3.22. The Morgan fingerprint density at radius 2 is 1.77 bits per heavy atom. The molecule has 1 aliphatic heterocycles. The number of thiazole rings is 1. The monoisotopic (exact) mass is 379 g/mol. The van der Waals surface area contributed by atoms with Gasteiger partial charge in [-0.25, -0.2) is 4.98 Å². The summed E-state index contributed by atoms with van der Waals surface area (Å²) < 4.78 is 39.8. The third-order valence-electron chi connectivity index (χ3n) is 4.58. The average molecular weight is 379 g/mol. The van der Waals surface area contributed by atoms with Crippen LogP contribution < -0.4 is 0 Å². The second kappa shape index (κ2) is 6.42. The van der Waals surface area contributed by atoms with E-state index in [1.165, 1.54) is 23.5 Å². The van der Waals surface area contributed by atoms with Crippen molar-refractivity contribution in [3.63, 3.8) is 0 Å². The molecule has 0 saturated carbocycles. The van der Waals surface area contributed by atoms with Crippen LogP contribution in [0.15, 0.2) is 35.8 Å². The Labute approximate surface area is 151 Å². The van der Waals surface area contributed by atoms with Crippen molar-refractivity contribution in [2.75, 3.05) is 13.1 Å². The lowest BCUT2D eigenvalue weighted by Gasteiger charge is -2.26. The predicted octanol–water partition coefficient (Wildman–Crippen LogP) is 4.71. The fourth-order valence-electron chi connectivity index (χ4n) is 3.17. The maximum Gasteiger partial charge on any atom is 0.416 e. The fraction of sp³-hybridized carbons (Fsp3) is 0.333. The standard InChI is InChI=1S/C18H16F3N3OS/c19-18(20,21)13-6-4-12(5-7-13)14-10-24-15(11-26-17(24)22-14)16(25)23-8-2-1-3-9-23/h4-7,10-11H,1-3,8-9H2. The summed E-state index contributed by atoms with van der Waals surface area (Å²) in [6.45, 7) is 1.52. The first-order chi connectivity index (χ1) is 12.4. The van der Waals surface area contributed by atoms with Gasteiger partial charge in [0.25, 0.3) is 5.91 Å². The first-order valence-electron chi connectivity index (χ1n) is 8.37. The number of fused-ring (bicyclic) bond motifs is 1. The molecule has 4 rings (SSSR count). The van der Waals surface area contributed by atoms with Gasteiger partial charge >= 0.3 is 6.18 Å². The summed E-state index contributed by atoms with van der Waals surface area (Å²) in [5.41, 5.74) is 1.00. The van der Waals surface area contributed by atoms with Crippen LogP contribution >= 0.6 is 11.3 Å². The molecule has 3 aromatic rings. The lowest BCUT2D eigenvalue weighted by atomic mass is 10.1. The molecule has 0 aliphatic carbocycles. The maximum atomic E-state index is 12.7. The van der Waals surface area contributed by atoms with Crippen molar-refractivity contribution in [3.05, 3.63) is 47.1 Å². The molecule has 1 amide bonds. The van der Waals surface area contributed by atoms with Crippen LogP contribution in [-0.4, -0.2) is 33.3 Å².